The summed E-state index contributed by atoms with van der Waals surface area (Å²) in [6.45, 7) is 5.51. The van der Waals surface area contributed by atoms with Gasteiger partial charge in [0.05, 0.1) is 17.6 Å². The van der Waals surface area contributed by atoms with Crippen molar-refractivity contribution in [2.75, 3.05) is 18.9 Å². The number of anilines is 1. The van der Waals surface area contributed by atoms with Gasteiger partial charge in [0.2, 0.25) is 0 Å². The minimum absolute atomic E-state index is 0.0172. The maximum Gasteiger partial charge on any atom is 0.152 e. The van der Waals surface area contributed by atoms with Crippen LogP contribution in [0.2, 0.25) is 0 Å². The first-order valence-electron chi connectivity index (χ1n) is 9.01. The molecule has 6 nitrogen and oxygen atoms in total. The molecular formula is C19H26N4O2. The molecule has 0 saturated heterocycles. The number of fused-ring (bicyclic) bond motifs is 3. The fourth-order valence-electron chi connectivity index (χ4n) is 3.18. The Hall–Kier alpha value is -2.34. The molecule has 134 valence electrons. The third kappa shape index (κ3) is 3.39. The molecular weight excluding hydrogens is 316 g/mol. The van der Waals surface area contributed by atoms with E-state index in [1.165, 1.54) is 0 Å². The molecule has 0 atom stereocenters. The van der Waals surface area contributed by atoms with Gasteiger partial charge < -0.3 is 20.1 Å². The number of ether oxygens (including phenoxy) is 1. The normalized spacial score (nSPS) is 11.5. The van der Waals surface area contributed by atoms with Gasteiger partial charge in [0.25, 0.3) is 0 Å². The van der Waals surface area contributed by atoms with Gasteiger partial charge in [0.1, 0.15) is 23.7 Å². The van der Waals surface area contributed by atoms with E-state index in [4.69, 9.17) is 20.6 Å². The van der Waals surface area contributed by atoms with Gasteiger partial charge in [-0.3, -0.25) is 0 Å². The van der Waals surface area contributed by atoms with Crippen molar-refractivity contribution in [3.63, 3.8) is 0 Å². The lowest BCUT2D eigenvalue weighted by atomic mass is 10.1. The third-order valence-electron chi connectivity index (χ3n) is 4.32. The molecule has 0 bridgehead atoms. The molecule has 3 aromatic rings. The average Bonchev–Trinajstić information content (AvgIpc) is 2.98. The number of aliphatic hydroxyl groups excluding tert-OH is 1. The lowest BCUT2D eigenvalue weighted by Gasteiger charge is -2.10. The molecule has 0 radical (unpaired) electrons. The molecule has 0 fully saturated rings. The Kier molecular flexibility index (Phi) is 5.38. The van der Waals surface area contributed by atoms with E-state index < -0.39 is 0 Å². The van der Waals surface area contributed by atoms with Gasteiger partial charge in [0.15, 0.2) is 5.82 Å². The van der Waals surface area contributed by atoms with Gasteiger partial charge in [-0.25, -0.2) is 9.97 Å². The molecule has 2 aromatic heterocycles. The number of nitrogens with two attached hydrogens (primary N) is 1. The molecule has 1 aromatic carbocycles. The first kappa shape index (κ1) is 17.5. The SMILES string of the molecule is CCCCc1nc2c(N)nc3cc(OCCO)ccc3c2n1CCC. The van der Waals surface area contributed by atoms with Gasteiger partial charge in [-0.05, 0) is 25.0 Å². The molecule has 6 heteroatoms. The molecule has 0 aliphatic heterocycles. The summed E-state index contributed by atoms with van der Waals surface area (Å²) in [5.74, 6) is 2.22. The summed E-state index contributed by atoms with van der Waals surface area (Å²) in [7, 11) is 0. The molecule has 0 amide bonds. The van der Waals surface area contributed by atoms with Crippen LogP contribution in [0.1, 0.15) is 38.9 Å². The highest BCUT2D eigenvalue weighted by atomic mass is 16.5. The molecule has 0 aliphatic carbocycles. The Labute approximate surface area is 147 Å². The molecule has 0 unspecified atom stereocenters. The number of unbranched alkanes of at least 4 members (excludes halogenated alkanes) is 1. The van der Waals surface area contributed by atoms with Crippen molar-refractivity contribution in [2.45, 2.75) is 46.1 Å². The maximum absolute atomic E-state index is 8.92. The van der Waals surface area contributed by atoms with Crippen LogP contribution in [0.3, 0.4) is 0 Å². The molecule has 2 heterocycles. The first-order valence-corrected chi connectivity index (χ1v) is 9.01. The quantitative estimate of drug-likeness (QED) is 0.656. The summed E-state index contributed by atoms with van der Waals surface area (Å²) in [6.07, 6.45) is 4.22. The Morgan fingerprint density at radius 2 is 2.04 bits per heavy atom. The van der Waals surface area contributed by atoms with Crippen LogP contribution in [0.5, 0.6) is 5.75 Å². The van der Waals surface area contributed by atoms with Crippen LogP contribution in [0.15, 0.2) is 18.2 Å². The standard InChI is InChI=1S/C19H26N4O2/c1-3-5-6-16-22-17-18(23(16)9-4-2)14-8-7-13(25-11-10-24)12-15(14)21-19(17)20/h7-8,12,24H,3-6,9-11H2,1-2H3,(H2,20,21). The number of pyridine rings is 1. The van der Waals surface area contributed by atoms with Crippen molar-refractivity contribution in [1.82, 2.24) is 14.5 Å². The van der Waals surface area contributed by atoms with Crippen LogP contribution >= 0.6 is 0 Å². The number of rotatable bonds is 8. The number of aliphatic hydroxyl groups is 1. The second-order valence-corrected chi connectivity index (χ2v) is 6.23. The number of imidazole rings is 1. The number of benzene rings is 1. The highest BCUT2D eigenvalue weighted by Crippen LogP contribution is 2.31. The van der Waals surface area contributed by atoms with Gasteiger partial charge >= 0.3 is 0 Å². The fraction of sp³-hybridized carbons (Fsp3) is 0.474. The minimum atomic E-state index is -0.0172. The first-order chi connectivity index (χ1) is 12.2. The van der Waals surface area contributed by atoms with Gasteiger partial charge in [0, 0.05) is 24.4 Å². The predicted molar refractivity (Wildman–Crippen MR) is 101 cm³/mol. The number of nitrogen functional groups attached to an aromatic ring is 1. The minimum Gasteiger partial charge on any atom is -0.491 e. The summed E-state index contributed by atoms with van der Waals surface area (Å²) in [4.78, 5) is 9.33. The van der Waals surface area contributed by atoms with E-state index in [0.717, 1.165) is 60.0 Å². The van der Waals surface area contributed by atoms with Crippen LogP contribution in [0.4, 0.5) is 5.82 Å². The number of aromatic nitrogens is 3. The van der Waals surface area contributed by atoms with Crippen LogP contribution in [-0.2, 0) is 13.0 Å². The van der Waals surface area contributed by atoms with E-state index >= 15 is 0 Å². The predicted octanol–water partition coefficient (Wildman–Crippen LogP) is 3.29. The third-order valence-corrected chi connectivity index (χ3v) is 4.32. The van der Waals surface area contributed by atoms with Crippen LogP contribution in [0, 0.1) is 0 Å². The largest absolute Gasteiger partial charge is 0.491 e. The summed E-state index contributed by atoms with van der Waals surface area (Å²) >= 11 is 0. The molecule has 3 rings (SSSR count). The number of hydrogen-bond donors (Lipinski definition) is 2. The summed E-state index contributed by atoms with van der Waals surface area (Å²) in [6, 6.07) is 5.79. The van der Waals surface area contributed by atoms with Gasteiger partial charge in [-0.15, -0.1) is 0 Å². The molecule has 25 heavy (non-hydrogen) atoms. The van der Waals surface area contributed by atoms with Crippen molar-refractivity contribution in [3.05, 3.63) is 24.0 Å². The van der Waals surface area contributed by atoms with Crippen molar-refractivity contribution >= 4 is 27.8 Å². The molecule has 0 aliphatic rings. The number of nitrogens with zero attached hydrogens (tertiary/aromatic N) is 3. The Balaban J connectivity index is 2.19. The summed E-state index contributed by atoms with van der Waals surface area (Å²) in [5.41, 5.74) is 8.85. The lowest BCUT2D eigenvalue weighted by molar-refractivity contribution is 0.201. The van der Waals surface area contributed by atoms with E-state index in [0.29, 0.717) is 11.6 Å². The Morgan fingerprint density at radius 1 is 1.20 bits per heavy atom. The van der Waals surface area contributed by atoms with E-state index in [1.54, 1.807) is 0 Å². The number of hydrogen-bond acceptors (Lipinski definition) is 5. The topological polar surface area (TPSA) is 86.2 Å². The fourth-order valence-corrected chi connectivity index (χ4v) is 3.18. The zero-order valence-electron chi connectivity index (χ0n) is 15.0. The Morgan fingerprint density at radius 3 is 2.76 bits per heavy atom. The van der Waals surface area contributed by atoms with E-state index in [2.05, 4.69) is 23.4 Å². The lowest BCUT2D eigenvalue weighted by Crippen LogP contribution is -2.04. The van der Waals surface area contributed by atoms with Gasteiger partial charge in [-0.1, -0.05) is 20.3 Å². The second-order valence-electron chi connectivity index (χ2n) is 6.23. The molecule has 0 saturated carbocycles. The van der Waals surface area contributed by atoms with E-state index in [9.17, 15) is 0 Å². The smallest absolute Gasteiger partial charge is 0.152 e. The van der Waals surface area contributed by atoms with Gasteiger partial charge in [-0.2, -0.15) is 0 Å². The summed E-state index contributed by atoms with van der Waals surface area (Å²) in [5, 5.41) is 9.95. The van der Waals surface area contributed by atoms with E-state index in [-0.39, 0.29) is 13.2 Å². The van der Waals surface area contributed by atoms with Crippen molar-refractivity contribution in [1.29, 1.82) is 0 Å². The van der Waals surface area contributed by atoms with Crippen molar-refractivity contribution in [3.8, 4) is 5.75 Å². The van der Waals surface area contributed by atoms with Crippen LogP contribution in [0.25, 0.3) is 21.9 Å². The summed E-state index contributed by atoms with van der Waals surface area (Å²) < 4.78 is 7.79. The Bertz CT molecular complexity index is 873. The van der Waals surface area contributed by atoms with Crippen molar-refractivity contribution in [2.24, 2.45) is 0 Å². The van der Waals surface area contributed by atoms with Crippen LogP contribution < -0.4 is 10.5 Å². The number of aryl methyl sites for hydroxylation is 2. The maximum atomic E-state index is 8.92. The molecule has 3 N–H and O–H groups in total. The second kappa shape index (κ2) is 7.70. The highest BCUT2D eigenvalue weighted by molar-refractivity contribution is 6.06. The zero-order valence-corrected chi connectivity index (χ0v) is 15.0. The average molecular weight is 342 g/mol. The van der Waals surface area contributed by atoms with Crippen molar-refractivity contribution < 1.29 is 9.84 Å². The van der Waals surface area contributed by atoms with E-state index in [1.807, 2.05) is 18.2 Å². The highest BCUT2D eigenvalue weighted by Gasteiger charge is 2.17. The van der Waals surface area contributed by atoms with Crippen LogP contribution in [-0.4, -0.2) is 32.9 Å². The zero-order chi connectivity index (χ0) is 17.8. The monoisotopic (exact) mass is 342 g/mol. The molecule has 0 spiro atoms.